The van der Waals surface area contributed by atoms with Gasteiger partial charge in [-0.05, 0) is 70.9 Å². The Morgan fingerprint density at radius 1 is 1.07 bits per heavy atom. The number of benzene rings is 2. The van der Waals surface area contributed by atoms with Gasteiger partial charge < -0.3 is 4.90 Å². The van der Waals surface area contributed by atoms with E-state index in [9.17, 15) is 17.6 Å². The van der Waals surface area contributed by atoms with E-state index in [1.807, 2.05) is 16.8 Å². The Hall–Kier alpha value is -2.71. The normalized spacial score (nSPS) is 11.2. The monoisotopic (exact) mass is 404 g/mol. The van der Waals surface area contributed by atoms with Crippen molar-refractivity contribution >= 4 is 33.0 Å². The summed E-state index contributed by atoms with van der Waals surface area (Å²) in [6.45, 7) is 0.501. The minimum absolute atomic E-state index is 0.0421. The molecule has 0 spiro atoms. The zero-order valence-corrected chi connectivity index (χ0v) is 16.1. The third-order valence-corrected chi connectivity index (χ3v) is 5.98. The molecule has 0 aliphatic carbocycles. The lowest BCUT2D eigenvalue weighted by molar-refractivity contribution is 0.0785. The maximum atomic E-state index is 13.0. The molecule has 0 atom stereocenters. The lowest BCUT2D eigenvalue weighted by atomic mass is 10.2. The van der Waals surface area contributed by atoms with Gasteiger partial charge in [-0.3, -0.25) is 9.52 Å². The fourth-order valence-corrected chi connectivity index (χ4v) is 4.18. The van der Waals surface area contributed by atoms with Crippen LogP contribution >= 0.6 is 11.3 Å². The molecule has 27 heavy (non-hydrogen) atoms. The Labute approximate surface area is 161 Å². The molecular formula is C19H17FN2O3S2. The maximum Gasteiger partial charge on any atom is 0.261 e. The average molecular weight is 404 g/mol. The van der Waals surface area contributed by atoms with Crippen LogP contribution in [0.3, 0.4) is 0 Å². The molecule has 5 nitrogen and oxygen atoms in total. The predicted octanol–water partition coefficient (Wildman–Crippen LogP) is 3.96. The van der Waals surface area contributed by atoms with E-state index in [1.165, 1.54) is 24.3 Å². The van der Waals surface area contributed by atoms with E-state index in [-0.39, 0.29) is 10.8 Å². The number of halogens is 1. The highest BCUT2D eigenvalue weighted by Gasteiger charge is 2.16. The molecule has 0 bridgehead atoms. The third kappa shape index (κ3) is 4.72. The molecule has 140 valence electrons. The fourth-order valence-electron chi connectivity index (χ4n) is 2.46. The van der Waals surface area contributed by atoms with Crippen LogP contribution in [0.4, 0.5) is 10.1 Å². The van der Waals surface area contributed by atoms with Gasteiger partial charge in [-0.1, -0.05) is 0 Å². The molecule has 0 saturated carbocycles. The van der Waals surface area contributed by atoms with Crippen molar-refractivity contribution in [3.8, 4) is 0 Å². The lowest BCUT2D eigenvalue weighted by Crippen LogP contribution is -2.26. The van der Waals surface area contributed by atoms with E-state index in [0.717, 1.165) is 17.7 Å². The number of rotatable bonds is 6. The molecule has 2 aromatic carbocycles. The SMILES string of the molecule is CN(Cc1ccsc1)C(=O)c1ccc(NS(=O)(=O)c2ccc(F)cc2)cc1. The van der Waals surface area contributed by atoms with Crippen LogP contribution < -0.4 is 4.72 Å². The van der Waals surface area contributed by atoms with E-state index < -0.39 is 15.8 Å². The smallest absolute Gasteiger partial charge is 0.261 e. The zero-order valence-electron chi connectivity index (χ0n) is 14.4. The number of nitrogens with one attached hydrogen (secondary N) is 1. The highest BCUT2D eigenvalue weighted by molar-refractivity contribution is 7.92. The van der Waals surface area contributed by atoms with E-state index in [4.69, 9.17) is 0 Å². The highest BCUT2D eigenvalue weighted by Crippen LogP contribution is 2.18. The van der Waals surface area contributed by atoms with Crippen molar-refractivity contribution in [2.45, 2.75) is 11.4 Å². The van der Waals surface area contributed by atoms with Crippen molar-refractivity contribution in [1.29, 1.82) is 0 Å². The summed E-state index contributed by atoms with van der Waals surface area (Å²) in [5.74, 6) is -0.669. The van der Waals surface area contributed by atoms with Crippen molar-refractivity contribution in [3.63, 3.8) is 0 Å². The maximum absolute atomic E-state index is 13.0. The minimum Gasteiger partial charge on any atom is -0.337 e. The van der Waals surface area contributed by atoms with Crippen LogP contribution in [0.2, 0.25) is 0 Å². The average Bonchev–Trinajstić information content (AvgIpc) is 3.15. The second kappa shape index (κ2) is 7.89. The number of hydrogen-bond acceptors (Lipinski definition) is 4. The number of carbonyl (C=O) groups is 1. The minimum atomic E-state index is -3.82. The Kier molecular flexibility index (Phi) is 5.57. The quantitative estimate of drug-likeness (QED) is 0.676. The number of hydrogen-bond donors (Lipinski definition) is 1. The summed E-state index contributed by atoms with van der Waals surface area (Å²) < 4.78 is 40.0. The molecule has 0 saturated heterocycles. The molecule has 8 heteroatoms. The van der Waals surface area contributed by atoms with Crippen molar-refractivity contribution in [2.75, 3.05) is 11.8 Å². The van der Waals surface area contributed by atoms with E-state index in [1.54, 1.807) is 35.4 Å². The van der Waals surface area contributed by atoms with Gasteiger partial charge in [0, 0.05) is 24.8 Å². The molecule has 3 aromatic rings. The van der Waals surface area contributed by atoms with Crippen LogP contribution in [0, 0.1) is 5.82 Å². The summed E-state index contributed by atoms with van der Waals surface area (Å²) in [6.07, 6.45) is 0. The first kappa shape index (κ1) is 19.1. The summed E-state index contributed by atoms with van der Waals surface area (Å²) in [5, 5.41) is 3.94. The van der Waals surface area contributed by atoms with E-state index in [2.05, 4.69) is 4.72 Å². The van der Waals surface area contributed by atoms with Gasteiger partial charge in [0.2, 0.25) is 0 Å². The zero-order chi connectivity index (χ0) is 19.4. The van der Waals surface area contributed by atoms with Crippen LogP contribution in [-0.4, -0.2) is 26.3 Å². The van der Waals surface area contributed by atoms with Gasteiger partial charge in [-0.15, -0.1) is 0 Å². The highest BCUT2D eigenvalue weighted by atomic mass is 32.2. The van der Waals surface area contributed by atoms with Gasteiger partial charge in [0.25, 0.3) is 15.9 Å². The first-order chi connectivity index (χ1) is 12.8. The second-order valence-electron chi connectivity index (χ2n) is 5.93. The fraction of sp³-hybridized carbons (Fsp3) is 0.105. The number of thiophene rings is 1. The van der Waals surface area contributed by atoms with Crippen LogP contribution in [0.5, 0.6) is 0 Å². The van der Waals surface area contributed by atoms with Crippen molar-refractivity contribution < 1.29 is 17.6 Å². The number of carbonyl (C=O) groups excluding carboxylic acids is 1. The largest absolute Gasteiger partial charge is 0.337 e. The molecule has 1 heterocycles. The van der Waals surface area contributed by atoms with E-state index >= 15 is 0 Å². The summed E-state index contributed by atoms with van der Waals surface area (Å²) in [5.41, 5.74) is 1.83. The van der Waals surface area contributed by atoms with Gasteiger partial charge in [-0.2, -0.15) is 11.3 Å². The van der Waals surface area contributed by atoms with Crippen molar-refractivity contribution in [1.82, 2.24) is 4.90 Å². The Bertz CT molecular complexity index is 1020. The molecule has 0 unspecified atom stereocenters. The summed E-state index contributed by atoms with van der Waals surface area (Å²) in [4.78, 5) is 14.0. The van der Waals surface area contributed by atoms with Gasteiger partial charge in [0.15, 0.2) is 0 Å². The lowest BCUT2D eigenvalue weighted by Gasteiger charge is -2.17. The molecule has 3 rings (SSSR count). The van der Waals surface area contributed by atoms with Gasteiger partial charge in [0.05, 0.1) is 4.90 Å². The second-order valence-corrected chi connectivity index (χ2v) is 8.39. The van der Waals surface area contributed by atoms with Crippen LogP contribution in [-0.2, 0) is 16.6 Å². The van der Waals surface area contributed by atoms with E-state index in [0.29, 0.717) is 17.8 Å². The van der Waals surface area contributed by atoms with Crippen molar-refractivity contribution in [3.05, 3.63) is 82.3 Å². The number of nitrogens with zero attached hydrogens (tertiary/aromatic N) is 1. The summed E-state index contributed by atoms with van der Waals surface area (Å²) >= 11 is 1.57. The Morgan fingerprint density at radius 2 is 1.74 bits per heavy atom. The first-order valence-corrected chi connectivity index (χ1v) is 10.4. The molecule has 0 fully saturated rings. The number of sulfonamides is 1. The van der Waals surface area contributed by atoms with Crippen molar-refractivity contribution in [2.24, 2.45) is 0 Å². The third-order valence-electron chi connectivity index (χ3n) is 3.85. The molecule has 0 radical (unpaired) electrons. The molecule has 1 aromatic heterocycles. The molecule has 0 aliphatic rings. The number of amides is 1. The van der Waals surface area contributed by atoms with Crippen LogP contribution in [0.25, 0.3) is 0 Å². The standard InChI is InChI=1S/C19H17FN2O3S2/c1-22(12-14-10-11-26-13-14)19(23)15-2-6-17(7-3-15)21-27(24,25)18-8-4-16(20)5-9-18/h2-11,13,21H,12H2,1H3. The van der Waals surface area contributed by atoms with Gasteiger partial charge in [-0.25, -0.2) is 12.8 Å². The molecular weight excluding hydrogens is 387 g/mol. The topological polar surface area (TPSA) is 66.5 Å². The summed E-state index contributed by atoms with van der Waals surface area (Å²) in [7, 11) is -2.11. The van der Waals surface area contributed by atoms with Gasteiger partial charge in [0.1, 0.15) is 5.82 Å². The predicted molar refractivity (Wildman–Crippen MR) is 104 cm³/mol. The Morgan fingerprint density at radius 3 is 2.33 bits per heavy atom. The van der Waals surface area contributed by atoms with Gasteiger partial charge >= 0.3 is 0 Å². The van der Waals surface area contributed by atoms with Crippen LogP contribution in [0.1, 0.15) is 15.9 Å². The summed E-state index contributed by atoms with van der Waals surface area (Å²) in [6, 6.07) is 12.7. The number of anilines is 1. The molecule has 1 amide bonds. The Balaban J connectivity index is 1.69. The van der Waals surface area contributed by atoms with Crippen LogP contribution in [0.15, 0.2) is 70.3 Å². The molecule has 0 aliphatic heterocycles. The first-order valence-electron chi connectivity index (χ1n) is 8.00. The molecule has 1 N–H and O–H groups in total.